The van der Waals surface area contributed by atoms with Crippen LogP contribution in [-0.2, 0) is 27.3 Å². The average molecular weight is 427 g/mol. The molecule has 4 N–H and O–H groups in total. The molecule has 2 aromatic rings. The highest BCUT2D eigenvalue weighted by molar-refractivity contribution is 5.90. The lowest BCUT2D eigenvalue weighted by atomic mass is 9.92. The molecule has 0 saturated carbocycles. The van der Waals surface area contributed by atoms with Crippen molar-refractivity contribution in [2.24, 2.45) is 11.8 Å². The lowest BCUT2D eigenvalue weighted by Gasteiger charge is -2.23. The maximum absolute atomic E-state index is 12.9. The van der Waals surface area contributed by atoms with Gasteiger partial charge in [0.2, 0.25) is 17.7 Å². The van der Waals surface area contributed by atoms with Crippen molar-refractivity contribution >= 4 is 17.7 Å². The molecule has 2 rings (SSSR count). The molecule has 0 radical (unpaired) electrons. The molecule has 3 amide bonds. The van der Waals surface area contributed by atoms with Crippen LogP contribution in [0.2, 0.25) is 0 Å². The number of hydrogen-bond donors (Lipinski definition) is 4. The molecule has 8 nitrogen and oxygen atoms in total. The number of hydrogen-bond acceptors (Lipinski definition) is 5. The molecule has 0 aliphatic rings. The van der Waals surface area contributed by atoms with Gasteiger partial charge in [0.25, 0.3) is 0 Å². The van der Waals surface area contributed by atoms with Crippen LogP contribution < -0.4 is 16.1 Å². The zero-order chi connectivity index (χ0) is 22.6. The van der Waals surface area contributed by atoms with E-state index in [2.05, 4.69) is 15.6 Å². The van der Waals surface area contributed by atoms with Crippen molar-refractivity contribution in [3.8, 4) is 0 Å². The molecule has 0 spiro atoms. The summed E-state index contributed by atoms with van der Waals surface area (Å²) < 4.78 is 0. The van der Waals surface area contributed by atoms with Crippen LogP contribution in [-0.4, -0.2) is 34.0 Å². The third-order valence-corrected chi connectivity index (χ3v) is 4.79. The fraction of sp³-hybridized carbons (Fsp3) is 0.391. The van der Waals surface area contributed by atoms with Crippen LogP contribution in [0.3, 0.4) is 0 Å². The topological polar surface area (TPSA) is 120 Å². The second-order valence-corrected chi connectivity index (χ2v) is 7.90. The Bertz CT molecular complexity index is 843. The van der Waals surface area contributed by atoms with Crippen molar-refractivity contribution in [2.45, 2.75) is 45.7 Å². The number of carbonyl (C=O) groups excluding carboxylic acids is 3. The highest BCUT2D eigenvalue weighted by Gasteiger charge is 2.28. The first-order chi connectivity index (χ1) is 14.9. The van der Waals surface area contributed by atoms with Crippen LogP contribution >= 0.6 is 0 Å². The standard InChI is InChI=1S/C23H30N4O4/c1-16(2)11-19(13-21(28)27-31)22(29)26-20(12-18-9-6-10-24-14-18)23(30)25-15-17-7-4-3-5-8-17/h3-10,14,16,19-20,31H,11-13,15H2,1-2H3,(H,25,30)(H,26,29)(H,27,28)/t19-,20+/m1/s1. The Balaban J connectivity index is 2.12. The van der Waals surface area contributed by atoms with E-state index in [1.54, 1.807) is 23.9 Å². The van der Waals surface area contributed by atoms with Crippen LogP contribution in [0.15, 0.2) is 54.9 Å². The molecular weight excluding hydrogens is 396 g/mol. The Morgan fingerprint density at radius 3 is 2.32 bits per heavy atom. The summed E-state index contributed by atoms with van der Waals surface area (Å²) in [6.07, 6.45) is 3.84. The average Bonchev–Trinajstić information content (AvgIpc) is 2.77. The predicted molar refractivity (Wildman–Crippen MR) is 116 cm³/mol. The van der Waals surface area contributed by atoms with E-state index in [9.17, 15) is 14.4 Å². The summed E-state index contributed by atoms with van der Waals surface area (Å²) in [6.45, 7) is 4.22. The van der Waals surface area contributed by atoms with Gasteiger partial charge in [-0.05, 0) is 29.5 Å². The minimum Gasteiger partial charge on any atom is -0.350 e. The maximum Gasteiger partial charge on any atom is 0.244 e. The number of amides is 3. The van der Waals surface area contributed by atoms with Crippen molar-refractivity contribution in [2.75, 3.05) is 0 Å². The van der Waals surface area contributed by atoms with Crippen LogP contribution in [0.1, 0.15) is 37.8 Å². The zero-order valence-corrected chi connectivity index (χ0v) is 17.9. The largest absolute Gasteiger partial charge is 0.350 e. The van der Waals surface area contributed by atoms with Gasteiger partial charge in [-0.15, -0.1) is 0 Å². The van der Waals surface area contributed by atoms with Crippen molar-refractivity contribution in [1.29, 1.82) is 0 Å². The molecule has 0 saturated heterocycles. The molecule has 31 heavy (non-hydrogen) atoms. The van der Waals surface area contributed by atoms with Gasteiger partial charge in [0.15, 0.2) is 0 Å². The van der Waals surface area contributed by atoms with Crippen LogP contribution in [0.5, 0.6) is 0 Å². The molecular formula is C23H30N4O4. The Labute approximate surface area is 182 Å². The molecule has 0 fully saturated rings. The Hall–Kier alpha value is -3.26. The van der Waals surface area contributed by atoms with Crippen molar-refractivity contribution in [3.05, 3.63) is 66.0 Å². The smallest absolute Gasteiger partial charge is 0.244 e. The van der Waals surface area contributed by atoms with Crippen LogP contribution in [0, 0.1) is 11.8 Å². The van der Waals surface area contributed by atoms with Gasteiger partial charge in [0.1, 0.15) is 6.04 Å². The molecule has 8 heteroatoms. The van der Waals surface area contributed by atoms with Gasteiger partial charge in [-0.3, -0.25) is 24.6 Å². The molecule has 1 heterocycles. The fourth-order valence-corrected chi connectivity index (χ4v) is 3.28. The fourth-order valence-electron chi connectivity index (χ4n) is 3.28. The second-order valence-electron chi connectivity index (χ2n) is 7.90. The summed E-state index contributed by atoms with van der Waals surface area (Å²) in [5.74, 6) is -1.87. The first-order valence-corrected chi connectivity index (χ1v) is 10.3. The van der Waals surface area contributed by atoms with Crippen molar-refractivity contribution in [1.82, 2.24) is 21.1 Å². The third kappa shape index (κ3) is 8.55. The molecule has 0 aliphatic heterocycles. The van der Waals surface area contributed by atoms with Gasteiger partial charge in [0.05, 0.1) is 0 Å². The number of carbonyl (C=O) groups is 3. The van der Waals surface area contributed by atoms with E-state index in [-0.39, 0.29) is 24.7 Å². The normalized spacial score (nSPS) is 12.6. The summed E-state index contributed by atoms with van der Waals surface area (Å²) >= 11 is 0. The lowest BCUT2D eigenvalue weighted by Crippen LogP contribution is -2.50. The molecule has 0 unspecified atom stereocenters. The summed E-state index contributed by atoms with van der Waals surface area (Å²) in [4.78, 5) is 41.6. The summed E-state index contributed by atoms with van der Waals surface area (Å²) in [5, 5.41) is 14.5. The first kappa shape index (κ1) is 24.0. The Morgan fingerprint density at radius 1 is 1.00 bits per heavy atom. The SMILES string of the molecule is CC(C)C[C@H](CC(=O)NO)C(=O)N[C@@H](Cc1cccnc1)C(=O)NCc1ccccc1. The molecule has 166 valence electrons. The van der Waals surface area contributed by atoms with Gasteiger partial charge in [-0.1, -0.05) is 50.2 Å². The van der Waals surface area contributed by atoms with Gasteiger partial charge in [-0.2, -0.15) is 0 Å². The van der Waals surface area contributed by atoms with Crippen molar-refractivity contribution < 1.29 is 19.6 Å². The zero-order valence-electron chi connectivity index (χ0n) is 17.9. The molecule has 1 aromatic heterocycles. The van der Waals surface area contributed by atoms with E-state index < -0.39 is 23.8 Å². The van der Waals surface area contributed by atoms with Gasteiger partial charge in [0, 0.05) is 37.7 Å². The van der Waals surface area contributed by atoms with E-state index in [1.165, 1.54) is 0 Å². The van der Waals surface area contributed by atoms with E-state index in [0.717, 1.165) is 11.1 Å². The van der Waals surface area contributed by atoms with Crippen molar-refractivity contribution in [3.63, 3.8) is 0 Å². The number of rotatable bonds is 11. The van der Waals surface area contributed by atoms with Gasteiger partial charge >= 0.3 is 0 Å². The summed E-state index contributed by atoms with van der Waals surface area (Å²) in [5.41, 5.74) is 3.32. The van der Waals surface area contributed by atoms with Gasteiger partial charge in [-0.25, -0.2) is 5.48 Å². The Kier molecular flexibility index (Phi) is 9.64. The number of nitrogens with zero attached hydrogens (tertiary/aromatic N) is 1. The third-order valence-electron chi connectivity index (χ3n) is 4.79. The van der Waals surface area contributed by atoms with Crippen LogP contribution in [0.4, 0.5) is 0 Å². The summed E-state index contributed by atoms with van der Waals surface area (Å²) in [7, 11) is 0. The number of nitrogens with one attached hydrogen (secondary N) is 3. The number of aromatic nitrogens is 1. The maximum atomic E-state index is 12.9. The first-order valence-electron chi connectivity index (χ1n) is 10.3. The van der Waals surface area contributed by atoms with E-state index in [4.69, 9.17) is 5.21 Å². The highest BCUT2D eigenvalue weighted by Crippen LogP contribution is 2.16. The lowest BCUT2D eigenvalue weighted by molar-refractivity contribution is -0.136. The van der Waals surface area contributed by atoms with E-state index in [0.29, 0.717) is 13.0 Å². The molecule has 1 aromatic carbocycles. The quantitative estimate of drug-likeness (QED) is 0.323. The second kappa shape index (κ2) is 12.4. The molecule has 2 atom stereocenters. The van der Waals surface area contributed by atoms with E-state index in [1.807, 2.05) is 50.2 Å². The number of pyridine rings is 1. The predicted octanol–water partition coefficient (Wildman–Crippen LogP) is 1.98. The molecule has 0 bridgehead atoms. The van der Waals surface area contributed by atoms with E-state index >= 15 is 0 Å². The minimum atomic E-state index is -0.827. The van der Waals surface area contributed by atoms with Gasteiger partial charge < -0.3 is 10.6 Å². The molecule has 0 aliphatic carbocycles. The highest BCUT2D eigenvalue weighted by atomic mass is 16.5. The Morgan fingerprint density at radius 2 is 1.71 bits per heavy atom. The number of hydroxylamine groups is 1. The summed E-state index contributed by atoms with van der Waals surface area (Å²) in [6, 6.07) is 12.3. The number of benzene rings is 1. The van der Waals surface area contributed by atoms with Crippen LogP contribution in [0.25, 0.3) is 0 Å². The minimum absolute atomic E-state index is 0.158. The monoisotopic (exact) mass is 426 g/mol.